The summed E-state index contributed by atoms with van der Waals surface area (Å²) in [6.07, 6.45) is 42.4. The summed E-state index contributed by atoms with van der Waals surface area (Å²) in [5.74, 6) is 0.905. The van der Waals surface area contributed by atoms with Crippen molar-refractivity contribution in [3.8, 4) is 11.5 Å². The number of hydrogen-bond donors (Lipinski definition) is 2. The van der Waals surface area contributed by atoms with E-state index in [-0.39, 0.29) is 0 Å². The normalized spacial score (nSPS) is 10.3. The summed E-state index contributed by atoms with van der Waals surface area (Å²) in [6, 6.07) is 38.6. The molecule has 0 unspecified atom stereocenters. The summed E-state index contributed by atoms with van der Waals surface area (Å²) in [7, 11) is 0. The summed E-state index contributed by atoms with van der Waals surface area (Å²) >= 11 is 0.300. The van der Waals surface area contributed by atoms with Gasteiger partial charge in [-0.05, 0) is 48.9 Å². The molecule has 4 rings (SSSR count). The molecule has 0 bridgehead atoms. The molecule has 0 saturated heterocycles. The summed E-state index contributed by atoms with van der Waals surface area (Å²) in [6.45, 7) is 9.03. The van der Waals surface area contributed by atoms with Crippen LogP contribution in [0.15, 0.2) is 97.1 Å². The van der Waals surface area contributed by atoms with Crippen LogP contribution in [0.4, 0.5) is 0 Å². The molecule has 0 aliphatic carbocycles. The van der Waals surface area contributed by atoms with Crippen molar-refractivity contribution in [1.82, 2.24) is 0 Å². The molecular formula is C60H94O3Zr. The number of aromatic hydroxyl groups is 2. The van der Waals surface area contributed by atoms with Gasteiger partial charge in [0.2, 0.25) is 0 Å². The monoisotopic (exact) mass is 953 g/mol. The number of unbranched alkanes of at least 4 members (excludes halogenated alkanes) is 24. The van der Waals surface area contributed by atoms with Crippen LogP contribution in [0, 0.1) is 12.1 Å². The zero-order chi connectivity index (χ0) is 46.8. The minimum absolute atomic E-state index is 0.300. The Morgan fingerprint density at radius 2 is 0.578 bits per heavy atom. The first-order valence-electron chi connectivity index (χ1n) is 26.2. The molecule has 4 aromatic rings. The number of rotatable bonds is 32. The number of para-hydroxylation sites is 2. The van der Waals surface area contributed by atoms with E-state index >= 15 is 0 Å². The molecule has 0 saturated carbocycles. The molecular weight excluding hydrogens is 860 g/mol. The van der Waals surface area contributed by atoms with E-state index in [2.05, 4.69) is 64.1 Å². The van der Waals surface area contributed by atoms with Crippen molar-refractivity contribution in [2.45, 2.75) is 233 Å². The van der Waals surface area contributed by atoms with Crippen LogP contribution in [0.25, 0.3) is 0 Å². The second kappa shape index (κ2) is 49.6. The topological polar surface area (TPSA) is 57.5 Å². The zero-order valence-corrected chi connectivity index (χ0v) is 44.1. The SMILES string of the molecule is CCCCCCCCCc1[c-]cccc1.CCCCCCCCCc1[c-]cccc1.CCCCCCCCCc1ccccc1O.CCCCCCCCCc1ccccc1O.[O]=[Zr+2]. The van der Waals surface area contributed by atoms with Gasteiger partial charge in [0.05, 0.1) is 0 Å². The van der Waals surface area contributed by atoms with Gasteiger partial charge in [-0.15, -0.1) is 0 Å². The van der Waals surface area contributed by atoms with Crippen molar-refractivity contribution < 1.29 is 37.7 Å². The Bertz CT molecular complexity index is 1380. The fourth-order valence-corrected chi connectivity index (χ4v) is 7.71. The fourth-order valence-electron chi connectivity index (χ4n) is 7.71. The van der Waals surface area contributed by atoms with E-state index in [4.69, 9.17) is 2.81 Å². The molecule has 0 amide bonds. The van der Waals surface area contributed by atoms with Gasteiger partial charge in [0, 0.05) is 0 Å². The van der Waals surface area contributed by atoms with Gasteiger partial charge in [-0.2, -0.15) is 71.8 Å². The number of aryl methyl sites for hydroxylation is 4. The van der Waals surface area contributed by atoms with Crippen molar-refractivity contribution in [3.05, 3.63) is 131 Å². The number of phenolic OH excluding ortho intramolecular Hbond substituents is 2. The van der Waals surface area contributed by atoms with Crippen molar-refractivity contribution in [2.75, 3.05) is 0 Å². The Hall–Kier alpha value is -2.84. The molecule has 356 valence electrons. The van der Waals surface area contributed by atoms with Crippen molar-refractivity contribution in [2.24, 2.45) is 0 Å². The Morgan fingerprint density at radius 1 is 0.328 bits per heavy atom. The van der Waals surface area contributed by atoms with E-state index in [1.165, 1.54) is 204 Å². The first-order valence-corrected chi connectivity index (χ1v) is 27.2. The van der Waals surface area contributed by atoms with E-state index < -0.39 is 0 Å². The molecule has 0 radical (unpaired) electrons. The van der Waals surface area contributed by atoms with E-state index in [0.717, 1.165) is 24.0 Å². The van der Waals surface area contributed by atoms with Gasteiger partial charge in [-0.25, -0.2) is 0 Å². The number of phenols is 2. The van der Waals surface area contributed by atoms with Gasteiger partial charge in [-0.3, -0.25) is 0 Å². The second-order valence-corrected chi connectivity index (χ2v) is 17.5. The molecule has 4 aromatic carbocycles. The standard InChI is InChI=1S/2C15H24O.2C15H23.O.Zr/c2*1-2-3-4-5-6-7-8-11-14-12-9-10-13-15(14)16;2*1-2-3-4-5-6-7-9-12-15-13-10-8-11-14-15;;/h2*9-10,12-13,16H,2-8,11H2,1H3;2*8,10-11,13H,2-7,9,12H2,1H3;;/q;;2*-1;;+2. The maximum atomic E-state index is 9.58. The molecule has 0 heterocycles. The summed E-state index contributed by atoms with van der Waals surface area (Å²) in [4.78, 5) is 0. The van der Waals surface area contributed by atoms with Crippen molar-refractivity contribution >= 4 is 0 Å². The molecule has 0 fully saturated rings. The van der Waals surface area contributed by atoms with Crippen LogP contribution in [0.3, 0.4) is 0 Å². The van der Waals surface area contributed by atoms with E-state index in [9.17, 15) is 10.2 Å². The predicted molar refractivity (Wildman–Crippen MR) is 274 cm³/mol. The average molecular weight is 955 g/mol. The Labute approximate surface area is 411 Å². The summed E-state index contributed by atoms with van der Waals surface area (Å²) in [5.41, 5.74) is 4.92. The third-order valence-corrected chi connectivity index (χ3v) is 11.7. The molecule has 0 aliphatic heterocycles. The van der Waals surface area contributed by atoms with Gasteiger partial charge < -0.3 is 10.2 Å². The third-order valence-electron chi connectivity index (χ3n) is 11.7. The average Bonchev–Trinajstić information content (AvgIpc) is 3.33. The number of benzene rings is 4. The first-order chi connectivity index (χ1) is 31.5. The van der Waals surface area contributed by atoms with Crippen LogP contribution in [0.2, 0.25) is 0 Å². The van der Waals surface area contributed by atoms with Crippen LogP contribution < -0.4 is 0 Å². The summed E-state index contributed by atoms with van der Waals surface area (Å²) < 4.78 is 8.34. The predicted octanol–water partition coefficient (Wildman–Crippen LogP) is 18.8. The maximum absolute atomic E-state index is 9.58. The quantitative estimate of drug-likeness (QED) is 0.0379. The van der Waals surface area contributed by atoms with Crippen molar-refractivity contribution in [1.29, 1.82) is 0 Å². The van der Waals surface area contributed by atoms with E-state index in [1.807, 2.05) is 60.7 Å². The zero-order valence-electron chi connectivity index (χ0n) is 41.7. The number of hydrogen-bond acceptors (Lipinski definition) is 3. The van der Waals surface area contributed by atoms with Gasteiger partial charge in [0.15, 0.2) is 0 Å². The van der Waals surface area contributed by atoms with Gasteiger partial charge >= 0.3 is 27.5 Å². The van der Waals surface area contributed by atoms with Crippen LogP contribution in [-0.2, 0) is 53.2 Å². The Morgan fingerprint density at radius 3 is 0.844 bits per heavy atom. The Kier molecular flexibility index (Phi) is 47.4. The van der Waals surface area contributed by atoms with Crippen molar-refractivity contribution in [3.63, 3.8) is 0 Å². The molecule has 4 heteroatoms. The third kappa shape index (κ3) is 39.5. The van der Waals surface area contributed by atoms with E-state index in [0.29, 0.717) is 36.2 Å². The van der Waals surface area contributed by atoms with E-state index in [1.54, 1.807) is 12.1 Å². The minimum atomic E-state index is 0.300. The van der Waals surface area contributed by atoms with Gasteiger partial charge in [0.1, 0.15) is 11.5 Å². The van der Waals surface area contributed by atoms with Gasteiger partial charge in [-0.1, -0.05) is 244 Å². The molecule has 2 N–H and O–H groups in total. The molecule has 0 spiro atoms. The van der Waals surface area contributed by atoms with Crippen LogP contribution in [0.5, 0.6) is 11.5 Å². The summed E-state index contributed by atoms with van der Waals surface area (Å²) in [5, 5.41) is 19.2. The second-order valence-electron chi connectivity index (χ2n) is 17.5. The molecule has 0 atom stereocenters. The van der Waals surface area contributed by atoms with Crippen LogP contribution >= 0.6 is 0 Å². The van der Waals surface area contributed by atoms with Crippen LogP contribution in [0.1, 0.15) is 230 Å². The first kappa shape index (κ1) is 61.2. The Balaban J connectivity index is 0.000000816. The molecule has 64 heavy (non-hydrogen) atoms. The fraction of sp³-hybridized carbons (Fsp3) is 0.600. The van der Waals surface area contributed by atoms with Crippen LogP contribution in [-0.4, -0.2) is 10.2 Å². The molecule has 0 aliphatic rings. The molecule has 3 nitrogen and oxygen atoms in total. The molecule has 0 aromatic heterocycles. The van der Waals surface area contributed by atoms with Gasteiger partial charge in [0.25, 0.3) is 0 Å².